The number of aryl methyl sites for hydroxylation is 1. The Morgan fingerprint density at radius 3 is 2.15 bits per heavy atom. The lowest BCUT2D eigenvalue weighted by Crippen LogP contribution is -1.83. The summed E-state index contributed by atoms with van der Waals surface area (Å²) in [6.45, 7) is 2.15. The van der Waals surface area contributed by atoms with Crippen LogP contribution in [0.5, 0.6) is 5.75 Å². The Bertz CT molecular complexity index is 619. The second-order valence-corrected chi connectivity index (χ2v) is 4.54. The molecule has 4 nitrogen and oxygen atoms in total. The average Bonchev–Trinajstić information content (AvgIpc) is 2.96. The van der Waals surface area contributed by atoms with Gasteiger partial charge in [0.25, 0.3) is 0 Å². The Morgan fingerprint density at radius 2 is 1.55 bits per heavy atom. The summed E-state index contributed by atoms with van der Waals surface area (Å²) in [5, 5.41) is 19.6. The molecule has 0 saturated carbocycles. The molecule has 3 rings (SSSR count). The van der Waals surface area contributed by atoms with Gasteiger partial charge in [-0.3, -0.25) is 0 Å². The number of nitrogens with zero attached hydrogens (tertiary/aromatic N) is 2. The first-order valence-electron chi connectivity index (χ1n) is 6.83. The molecule has 2 N–H and O–H groups in total. The lowest BCUT2D eigenvalue weighted by Gasteiger charge is -2.01. The van der Waals surface area contributed by atoms with Crippen LogP contribution in [0.4, 0.5) is 0 Å². The van der Waals surface area contributed by atoms with Gasteiger partial charge in [0, 0.05) is 0 Å². The van der Waals surface area contributed by atoms with E-state index in [4.69, 9.17) is 0 Å². The van der Waals surface area contributed by atoms with E-state index in [1.54, 1.807) is 6.07 Å². The molecule has 0 radical (unpaired) electrons. The van der Waals surface area contributed by atoms with Crippen LogP contribution in [0.25, 0.3) is 11.0 Å². The number of aromatic nitrogens is 3. The number of unbranched alkanes of at least 4 members (excludes halogenated alkanes) is 1. The number of rotatable bonds is 3. The number of phenolic OH excluding ortho intramolecular Hbond substituents is 1. The molecule has 0 spiro atoms. The Balaban J connectivity index is 0.000000149. The fraction of sp³-hybridized carbons (Fsp3) is 0.250. The van der Waals surface area contributed by atoms with Crippen molar-refractivity contribution < 1.29 is 5.11 Å². The molecular formula is C16H19N3O. The van der Waals surface area contributed by atoms with E-state index in [9.17, 15) is 5.11 Å². The highest BCUT2D eigenvalue weighted by atomic mass is 16.3. The molecular weight excluding hydrogens is 250 g/mol. The zero-order valence-corrected chi connectivity index (χ0v) is 11.6. The van der Waals surface area contributed by atoms with E-state index in [1.807, 2.05) is 42.5 Å². The Morgan fingerprint density at radius 1 is 0.950 bits per heavy atom. The van der Waals surface area contributed by atoms with Crippen molar-refractivity contribution in [3.05, 3.63) is 54.1 Å². The van der Waals surface area contributed by atoms with E-state index in [0.717, 1.165) is 29.4 Å². The minimum atomic E-state index is 0.431. The highest BCUT2D eigenvalue weighted by Gasteiger charge is 1.96. The maximum Gasteiger partial charge on any atom is 0.118 e. The van der Waals surface area contributed by atoms with Gasteiger partial charge in [0.15, 0.2) is 0 Å². The van der Waals surface area contributed by atoms with Crippen molar-refractivity contribution in [3.8, 4) is 5.75 Å². The van der Waals surface area contributed by atoms with Gasteiger partial charge >= 0.3 is 0 Å². The van der Waals surface area contributed by atoms with Crippen molar-refractivity contribution in [2.24, 2.45) is 0 Å². The van der Waals surface area contributed by atoms with Gasteiger partial charge in [-0.05, 0) is 36.6 Å². The number of aromatic hydroxyl groups is 1. The molecule has 1 aromatic heterocycles. The molecule has 0 aliphatic carbocycles. The summed E-state index contributed by atoms with van der Waals surface area (Å²) in [5.41, 5.74) is 2.89. The fourth-order valence-electron chi connectivity index (χ4n) is 1.88. The number of fused-ring (bicyclic) bond motifs is 1. The third-order valence-electron chi connectivity index (χ3n) is 3.01. The standard InChI is InChI=1S/C10H14O.C6H5N3/c1-2-3-6-9-7-4-5-8-10(9)11;1-2-4-6-5(3-1)7-9-8-6/h4-5,7-8,11H,2-3,6H2,1H3;1-4H,(H,7,8,9). The van der Waals surface area contributed by atoms with Gasteiger partial charge in [0.2, 0.25) is 0 Å². The van der Waals surface area contributed by atoms with E-state index in [-0.39, 0.29) is 0 Å². The molecule has 4 heteroatoms. The van der Waals surface area contributed by atoms with Gasteiger partial charge in [-0.1, -0.05) is 43.7 Å². The average molecular weight is 269 g/mol. The van der Waals surface area contributed by atoms with E-state index >= 15 is 0 Å². The number of benzene rings is 2. The second kappa shape index (κ2) is 7.28. The number of para-hydroxylation sites is 3. The minimum absolute atomic E-state index is 0.431. The molecule has 0 unspecified atom stereocenters. The summed E-state index contributed by atoms with van der Waals surface area (Å²) < 4.78 is 0. The topological polar surface area (TPSA) is 61.8 Å². The summed E-state index contributed by atoms with van der Waals surface area (Å²) >= 11 is 0. The van der Waals surface area contributed by atoms with E-state index in [0.29, 0.717) is 5.75 Å². The lowest BCUT2D eigenvalue weighted by atomic mass is 10.1. The second-order valence-electron chi connectivity index (χ2n) is 4.54. The maximum atomic E-state index is 9.34. The smallest absolute Gasteiger partial charge is 0.118 e. The number of phenols is 1. The van der Waals surface area contributed by atoms with Crippen LogP contribution in [0, 0.1) is 0 Å². The molecule has 20 heavy (non-hydrogen) atoms. The van der Waals surface area contributed by atoms with Gasteiger partial charge in [0.05, 0.1) is 0 Å². The van der Waals surface area contributed by atoms with Crippen LogP contribution < -0.4 is 0 Å². The largest absolute Gasteiger partial charge is 0.508 e. The third-order valence-corrected chi connectivity index (χ3v) is 3.01. The molecule has 1 heterocycles. The first-order valence-corrected chi connectivity index (χ1v) is 6.83. The first kappa shape index (κ1) is 14.1. The van der Waals surface area contributed by atoms with E-state index in [1.165, 1.54) is 6.42 Å². The van der Waals surface area contributed by atoms with Gasteiger partial charge in [-0.2, -0.15) is 15.4 Å². The predicted molar refractivity (Wildman–Crippen MR) is 80.6 cm³/mol. The van der Waals surface area contributed by atoms with Crippen molar-refractivity contribution in [1.29, 1.82) is 0 Å². The van der Waals surface area contributed by atoms with Gasteiger partial charge < -0.3 is 5.11 Å². The number of hydrogen-bond acceptors (Lipinski definition) is 3. The molecule has 2 aromatic carbocycles. The quantitative estimate of drug-likeness (QED) is 0.762. The Hall–Kier alpha value is -2.36. The molecule has 0 amide bonds. The van der Waals surface area contributed by atoms with E-state index in [2.05, 4.69) is 22.3 Å². The van der Waals surface area contributed by atoms with Crippen LogP contribution in [0.1, 0.15) is 25.3 Å². The number of hydrogen-bond donors (Lipinski definition) is 2. The molecule has 3 aromatic rings. The van der Waals surface area contributed by atoms with Crippen LogP contribution in [-0.4, -0.2) is 20.5 Å². The van der Waals surface area contributed by atoms with Crippen LogP contribution in [-0.2, 0) is 6.42 Å². The Labute approximate surface area is 118 Å². The molecule has 0 fully saturated rings. The Kier molecular flexibility index (Phi) is 5.12. The summed E-state index contributed by atoms with van der Waals surface area (Å²) in [5.74, 6) is 0.431. The SMILES string of the molecule is CCCCc1ccccc1O.c1ccc2n[nH]nc2c1. The minimum Gasteiger partial charge on any atom is -0.508 e. The van der Waals surface area contributed by atoms with Crippen molar-refractivity contribution in [2.45, 2.75) is 26.2 Å². The summed E-state index contributed by atoms with van der Waals surface area (Å²) in [6, 6.07) is 15.2. The lowest BCUT2D eigenvalue weighted by molar-refractivity contribution is 0.467. The van der Waals surface area contributed by atoms with Gasteiger partial charge in [0.1, 0.15) is 16.8 Å². The van der Waals surface area contributed by atoms with Crippen molar-refractivity contribution in [2.75, 3.05) is 0 Å². The monoisotopic (exact) mass is 269 g/mol. The summed E-state index contributed by atoms with van der Waals surface area (Å²) in [7, 11) is 0. The fourth-order valence-corrected chi connectivity index (χ4v) is 1.88. The summed E-state index contributed by atoms with van der Waals surface area (Å²) in [4.78, 5) is 0. The van der Waals surface area contributed by atoms with Gasteiger partial charge in [-0.25, -0.2) is 0 Å². The molecule has 0 saturated heterocycles. The predicted octanol–water partition coefficient (Wildman–Crippen LogP) is 3.69. The zero-order valence-electron chi connectivity index (χ0n) is 11.6. The highest BCUT2D eigenvalue weighted by molar-refractivity contribution is 5.72. The third kappa shape index (κ3) is 3.82. The van der Waals surface area contributed by atoms with Crippen LogP contribution in [0.3, 0.4) is 0 Å². The zero-order chi connectivity index (χ0) is 14.2. The van der Waals surface area contributed by atoms with Crippen molar-refractivity contribution in [1.82, 2.24) is 15.4 Å². The maximum absolute atomic E-state index is 9.34. The molecule has 0 bridgehead atoms. The summed E-state index contributed by atoms with van der Waals surface area (Å²) in [6.07, 6.45) is 3.31. The van der Waals surface area contributed by atoms with Crippen molar-refractivity contribution in [3.63, 3.8) is 0 Å². The van der Waals surface area contributed by atoms with Crippen LogP contribution in [0.15, 0.2) is 48.5 Å². The molecule has 104 valence electrons. The normalized spacial score (nSPS) is 10.1. The van der Waals surface area contributed by atoms with Crippen LogP contribution in [0.2, 0.25) is 0 Å². The number of H-pyrrole nitrogens is 1. The van der Waals surface area contributed by atoms with Crippen LogP contribution >= 0.6 is 0 Å². The number of nitrogens with one attached hydrogen (secondary N) is 1. The van der Waals surface area contributed by atoms with Gasteiger partial charge in [-0.15, -0.1) is 0 Å². The highest BCUT2D eigenvalue weighted by Crippen LogP contribution is 2.17. The molecule has 0 aliphatic rings. The molecule has 0 atom stereocenters. The van der Waals surface area contributed by atoms with E-state index < -0.39 is 0 Å². The molecule has 0 aliphatic heterocycles. The van der Waals surface area contributed by atoms with Crippen molar-refractivity contribution >= 4 is 11.0 Å². The first-order chi connectivity index (χ1) is 9.81. The number of aromatic amines is 1.